The minimum Gasteiger partial charge on any atom is -0.481 e. The van der Waals surface area contributed by atoms with Gasteiger partial charge in [0.05, 0.1) is 0 Å². The predicted molar refractivity (Wildman–Crippen MR) is 71.9 cm³/mol. The van der Waals surface area contributed by atoms with Crippen LogP contribution in [0.5, 0.6) is 0 Å². The molecule has 0 saturated heterocycles. The highest BCUT2D eigenvalue weighted by molar-refractivity contribution is 5.93. The molecule has 2 rings (SSSR count). The molecule has 0 aliphatic rings. The number of nitrogens with one attached hydrogen (secondary N) is 1. The van der Waals surface area contributed by atoms with Crippen molar-refractivity contribution in [1.29, 1.82) is 0 Å². The number of benzene rings is 1. The van der Waals surface area contributed by atoms with Crippen molar-refractivity contribution in [1.82, 2.24) is 9.88 Å². The summed E-state index contributed by atoms with van der Waals surface area (Å²) in [5.74, 6) is -1.56. The molecule has 5 heteroatoms. The van der Waals surface area contributed by atoms with Crippen molar-refractivity contribution in [3.8, 4) is 0 Å². The largest absolute Gasteiger partial charge is 0.481 e. The van der Waals surface area contributed by atoms with Gasteiger partial charge < -0.3 is 15.0 Å². The van der Waals surface area contributed by atoms with Crippen LogP contribution < -0.4 is 5.32 Å². The second kappa shape index (κ2) is 5.56. The Hall–Kier alpha value is -2.30. The Bertz CT molecular complexity index is 616. The number of aryl methyl sites for hydroxylation is 1. The van der Waals surface area contributed by atoms with Gasteiger partial charge in [0.2, 0.25) is 5.91 Å². The number of carboxylic acid groups (broad SMARTS) is 1. The van der Waals surface area contributed by atoms with Crippen molar-refractivity contribution >= 4 is 22.8 Å². The third-order valence-corrected chi connectivity index (χ3v) is 3.01. The summed E-state index contributed by atoms with van der Waals surface area (Å²) < 4.78 is 2.05. The van der Waals surface area contributed by atoms with Gasteiger partial charge in [-0.2, -0.15) is 0 Å². The van der Waals surface area contributed by atoms with Crippen molar-refractivity contribution in [2.24, 2.45) is 7.05 Å². The lowest BCUT2D eigenvalue weighted by Gasteiger charge is -2.02. The van der Waals surface area contributed by atoms with Crippen LogP contribution >= 0.6 is 0 Å². The number of carbonyl (C=O) groups excluding carboxylic acids is 1. The lowest BCUT2D eigenvalue weighted by Crippen LogP contribution is -2.27. The highest BCUT2D eigenvalue weighted by Crippen LogP contribution is 2.20. The molecule has 0 unspecified atom stereocenters. The minimum absolute atomic E-state index is 0.445. The van der Waals surface area contributed by atoms with Gasteiger partial charge in [-0.1, -0.05) is 18.2 Å². The van der Waals surface area contributed by atoms with Crippen molar-refractivity contribution in [3.05, 3.63) is 36.0 Å². The highest BCUT2D eigenvalue weighted by atomic mass is 16.4. The molecule has 1 amide bonds. The second-order valence-corrected chi connectivity index (χ2v) is 4.45. The molecule has 0 atom stereocenters. The number of nitrogens with zero attached hydrogens (tertiary/aromatic N) is 1. The van der Waals surface area contributed by atoms with Crippen LogP contribution in [0, 0.1) is 0 Å². The van der Waals surface area contributed by atoms with E-state index in [1.165, 1.54) is 0 Å². The monoisotopic (exact) mass is 260 g/mol. The number of hydrogen-bond donors (Lipinski definition) is 2. The van der Waals surface area contributed by atoms with E-state index in [1.54, 1.807) is 0 Å². The van der Waals surface area contributed by atoms with Gasteiger partial charge in [0.25, 0.3) is 0 Å². The standard InChI is InChI=1S/C14H16N2O3/c1-16-9-10(11-4-2-3-5-12(11)16)6-7-15-13(17)8-14(18)19/h2-5,9H,6-8H2,1H3,(H,15,17)(H,18,19). The molecule has 5 nitrogen and oxygen atoms in total. The summed E-state index contributed by atoms with van der Waals surface area (Å²) in [4.78, 5) is 21.6. The highest BCUT2D eigenvalue weighted by Gasteiger charge is 2.08. The smallest absolute Gasteiger partial charge is 0.312 e. The number of aliphatic carboxylic acids is 1. The van der Waals surface area contributed by atoms with Crippen molar-refractivity contribution < 1.29 is 14.7 Å². The predicted octanol–water partition coefficient (Wildman–Crippen LogP) is 1.31. The number of aromatic nitrogens is 1. The number of carbonyl (C=O) groups is 2. The van der Waals surface area contributed by atoms with Crippen LogP contribution in [-0.4, -0.2) is 28.1 Å². The molecule has 1 aromatic carbocycles. The zero-order valence-electron chi connectivity index (χ0n) is 10.7. The van der Waals surface area contributed by atoms with E-state index in [0.717, 1.165) is 16.5 Å². The third-order valence-electron chi connectivity index (χ3n) is 3.01. The molecular formula is C14H16N2O3. The molecule has 1 aromatic heterocycles. The van der Waals surface area contributed by atoms with Crippen LogP contribution in [0.4, 0.5) is 0 Å². The van der Waals surface area contributed by atoms with Gasteiger partial charge in [-0.25, -0.2) is 0 Å². The minimum atomic E-state index is -1.11. The summed E-state index contributed by atoms with van der Waals surface area (Å²) in [6, 6.07) is 8.06. The summed E-state index contributed by atoms with van der Waals surface area (Å²) in [5, 5.41) is 12.3. The molecule has 0 fully saturated rings. The summed E-state index contributed by atoms with van der Waals surface area (Å²) >= 11 is 0. The fourth-order valence-electron chi connectivity index (χ4n) is 2.16. The normalized spacial score (nSPS) is 10.6. The molecule has 2 aromatic rings. The van der Waals surface area contributed by atoms with E-state index >= 15 is 0 Å². The number of para-hydroxylation sites is 1. The zero-order chi connectivity index (χ0) is 13.8. The molecule has 100 valence electrons. The van der Waals surface area contributed by atoms with Gasteiger partial charge in [-0.05, 0) is 18.1 Å². The average Bonchev–Trinajstić information content (AvgIpc) is 2.66. The molecule has 0 spiro atoms. The van der Waals surface area contributed by atoms with Gasteiger partial charge in [0.15, 0.2) is 0 Å². The van der Waals surface area contributed by atoms with Gasteiger partial charge in [-0.15, -0.1) is 0 Å². The molecular weight excluding hydrogens is 244 g/mol. The van der Waals surface area contributed by atoms with E-state index in [2.05, 4.69) is 5.32 Å². The quantitative estimate of drug-likeness (QED) is 0.796. The Balaban J connectivity index is 1.99. The zero-order valence-corrected chi connectivity index (χ0v) is 10.7. The number of carboxylic acids is 1. The molecule has 1 heterocycles. The van der Waals surface area contributed by atoms with E-state index < -0.39 is 18.3 Å². The number of hydrogen-bond acceptors (Lipinski definition) is 2. The van der Waals surface area contributed by atoms with Gasteiger partial charge in [0.1, 0.15) is 6.42 Å². The van der Waals surface area contributed by atoms with Gasteiger partial charge in [-0.3, -0.25) is 9.59 Å². The summed E-state index contributed by atoms with van der Waals surface area (Å²) in [6.07, 6.45) is 2.25. The van der Waals surface area contributed by atoms with E-state index in [9.17, 15) is 9.59 Å². The lowest BCUT2D eigenvalue weighted by molar-refractivity contribution is -0.140. The second-order valence-electron chi connectivity index (χ2n) is 4.45. The van der Waals surface area contributed by atoms with Crippen LogP contribution in [0.15, 0.2) is 30.5 Å². The fraction of sp³-hybridized carbons (Fsp3) is 0.286. The first kappa shape index (κ1) is 13.1. The maximum Gasteiger partial charge on any atom is 0.312 e. The van der Waals surface area contributed by atoms with Crippen molar-refractivity contribution in [2.75, 3.05) is 6.54 Å². The lowest BCUT2D eigenvalue weighted by atomic mass is 10.1. The van der Waals surface area contributed by atoms with Crippen LogP contribution in [0.3, 0.4) is 0 Å². The topological polar surface area (TPSA) is 71.3 Å². The van der Waals surface area contributed by atoms with Gasteiger partial charge >= 0.3 is 5.97 Å². The van der Waals surface area contributed by atoms with Crippen LogP contribution in [0.2, 0.25) is 0 Å². The molecule has 0 radical (unpaired) electrons. The summed E-state index contributed by atoms with van der Waals surface area (Å²) in [6.45, 7) is 0.445. The average molecular weight is 260 g/mol. The Kier molecular flexibility index (Phi) is 3.85. The number of fused-ring (bicyclic) bond motifs is 1. The molecule has 2 N–H and O–H groups in total. The molecule has 0 aliphatic heterocycles. The Morgan fingerprint density at radius 3 is 2.79 bits per heavy atom. The first-order valence-corrected chi connectivity index (χ1v) is 6.09. The maximum atomic E-state index is 11.2. The number of rotatable bonds is 5. The van der Waals surface area contributed by atoms with Crippen molar-refractivity contribution in [3.63, 3.8) is 0 Å². The van der Waals surface area contributed by atoms with Gasteiger partial charge in [0, 0.05) is 30.7 Å². The molecule has 19 heavy (non-hydrogen) atoms. The molecule has 0 saturated carbocycles. The van der Waals surface area contributed by atoms with E-state index in [4.69, 9.17) is 5.11 Å². The first-order chi connectivity index (χ1) is 9.08. The molecule has 0 aliphatic carbocycles. The van der Waals surface area contributed by atoms with E-state index in [-0.39, 0.29) is 0 Å². The van der Waals surface area contributed by atoms with Crippen LogP contribution in [0.25, 0.3) is 10.9 Å². The van der Waals surface area contributed by atoms with Crippen LogP contribution in [0.1, 0.15) is 12.0 Å². The maximum absolute atomic E-state index is 11.2. The Morgan fingerprint density at radius 1 is 1.32 bits per heavy atom. The Morgan fingerprint density at radius 2 is 2.05 bits per heavy atom. The SMILES string of the molecule is Cn1cc(CCNC(=O)CC(=O)O)c2ccccc21. The summed E-state index contributed by atoms with van der Waals surface area (Å²) in [7, 11) is 1.98. The van der Waals surface area contributed by atoms with E-state index in [1.807, 2.05) is 42.1 Å². The number of amides is 1. The molecule has 0 bridgehead atoms. The first-order valence-electron chi connectivity index (χ1n) is 6.09. The fourth-order valence-corrected chi connectivity index (χ4v) is 2.16. The van der Waals surface area contributed by atoms with E-state index in [0.29, 0.717) is 13.0 Å². The van der Waals surface area contributed by atoms with Crippen LogP contribution in [-0.2, 0) is 23.1 Å². The summed E-state index contributed by atoms with van der Waals surface area (Å²) in [5.41, 5.74) is 2.29. The Labute approximate surface area is 110 Å². The third kappa shape index (κ3) is 3.13. The van der Waals surface area contributed by atoms with Crippen molar-refractivity contribution in [2.45, 2.75) is 12.8 Å².